The van der Waals surface area contributed by atoms with E-state index in [1.807, 2.05) is 0 Å². The zero-order valence-electron chi connectivity index (χ0n) is 8.14. The summed E-state index contributed by atoms with van der Waals surface area (Å²) in [7, 11) is 0. The fourth-order valence-electron chi connectivity index (χ4n) is 1.17. The Labute approximate surface area is 94.1 Å². The van der Waals surface area contributed by atoms with Crippen LogP contribution < -0.4 is 0 Å². The smallest absolute Gasteiger partial charge is 0.211 e. The third-order valence-electron chi connectivity index (χ3n) is 1.99. The van der Waals surface area contributed by atoms with Crippen LogP contribution in [0.25, 0.3) is 0 Å². The van der Waals surface area contributed by atoms with Crippen LogP contribution in [0.2, 0.25) is 0 Å². The van der Waals surface area contributed by atoms with E-state index in [1.54, 1.807) is 13.8 Å². The van der Waals surface area contributed by atoms with Crippen molar-refractivity contribution in [1.29, 1.82) is 0 Å². The lowest BCUT2D eigenvalue weighted by molar-refractivity contribution is 0.489. The van der Waals surface area contributed by atoms with Gasteiger partial charge in [0.2, 0.25) is 6.08 Å². The van der Waals surface area contributed by atoms with Crippen LogP contribution in [-0.4, -0.2) is 6.08 Å². The lowest BCUT2D eigenvalue weighted by Crippen LogP contribution is -2.15. The lowest BCUT2D eigenvalue weighted by atomic mass is 9.95. The number of hydrogen-bond acceptors (Lipinski definition) is 2. The number of carbonyl (C=O) groups excluding carboxylic acids is 1. The first-order valence-corrected chi connectivity index (χ1v) is 4.92. The summed E-state index contributed by atoms with van der Waals surface area (Å²) in [5.74, 6) is -1.92. The molecule has 0 aliphatic rings. The lowest BCUT2D eigenvalue weighted by Gasteiger charge is -2.19. The molecule has 0 N–H and O–H groups in total. The molecule has 0 fully saturated rings. The van der Waals surface area contributed by atoms with Crippen molar-refractivity contribution in [3.8, 4) is 0 Å². The van der Waals surface area contributed by atoms with Crippen LogP contribution in [0.4, 0.5) is 8.78 Å². The maximum Gasteiger partial charge on any atom is 0.235 e. The van der Waals surface area contributed by atoms with E-state index in [0.717, 1.165) is 12.1 Å². The molecule has 5 heteroatoms. The van der Waals surface area contributed by atoms with Gasteiger partial charge in [-0.05, 0) is 31.5 Å². The molecule has 0 heterocycles. The topological polar surface area (TPSA) is 29.4 Å². The summed E-state index contributed by atoms with van der Waals surface area (Å²) < 4.78 is 26.2. The van der Waals surface area contributed by atoms with Crippen LogP contribution in [0.3, 0.4) is 0 Å². The van der Waals surface area contributed by atoms with Crippen molar-refractivity contribution in [3.05, 3.63) is 33.8 Å². The third-order valence-corrected chi connectivity index (χ3v) is 2.65. The normalized spacial score (nSPS) is 11.0. The zero-order chi connectivity index (χ0) is 11.6. The van der Waals surface area contributed by atoms with Gasteiger partial charge in [-0.1, -0.05) is 15.9 Å². The monoisotopic (exact) mass is 275 g/mol. The molecule has 1 rings (SSSR count). The van der Waals surface area contributed by atoms with Crippen molar-refractivity contribution in [2.24, 2.45) is 4.99 Å². The second-order valence-corrected chi connectivity index (χ2v) is 4.36. The van der Waals surface area contributed by atoms with Gasteiger partial charge in [-0.15, -0.1) is 0 Å². The summed E-state index contributed by atoms with van der Waals surface area (Å²) in [6.45, 7) is 3.21. The molecule has 2 nitrogen and oxygen atoms in total. The van der Waals surface area contributed by atoms with Crippen molar-refractivity contribution >= 4 is 22.0 Å². The Morgan fingerprint density at radius 1 is 1.33 bits per heavy atom. The Kier molecular flexibility index (Phi) is 3.37. The van der Waals surface area contributed by atoms with Gasteiger partial charge in [-0.25, -0.2) is 13.6 Å². The van der Waals surface area contributed by atoms with Gasteiger partial charge in [-0.2, -0.15) is 4.99 Å². The van der Waals surface area contributed by atoms with Crippen LogP contribution in [0.1, 0.15) is 19.4 Å². The van der Waals surface area contributed by atoms with Crippen LogP contribution >= 0.6 is 15.9 Å². The first-order chi connectivity index (χ1) is 6.88. The molecule has 0 saturated heterocycles. The number of rotatable bonds is 2. The molecule has 80 valence electrons. The number of halogens is 3. The minimum atomic E-state index is -0.970. The number of nitrogens with zero attached hydrogens (tertiary/aromatic N) is 1. The Hall–Kier alpha value is -1.06. The van der Waals surface area contributed by atoms with Gasteiger partial charge in [-0.3, -0.25) is 0 Å². The summed E-state index contributed by atoms with van der Waals surface area (Å²) >= 11 is 3.09. The van der Waals surface area contributed by atoms with Gasteiger partial charge >= 0.3 is 0 Å². The highest BCUT2D eigenvalue weighted by Gasteiger charge is 2.24. The number of benzene rings is 1. The van der Waals surface area contributed by atoms with E-state index in [-0.39, 0.29) is 0 Å². The van der Waals surface area contributed by atoms with E-state index < -0.39 is 17.2 Å². The molecule has 0 aliphatic carbocycles. The molecule has 0 atom stereocenters. The van der Waals surface area contributed by atoms with Gasteiger partial charge in [0.15, 0.2) is 11.6 Å². The standard InChI is InChI=1S/C10H8BrF2NO/c1-10(2,14-5-15)6-3-8(12)9(13)4-7(6)11/h3-4H,1-2H3. The first kappa shape index (κ1) is 12.0. The largest absolute Gasteiger partial charge is 0.235 e. The predicted octanol–water partition coefficient (Wildman–Crippen LogP) is 3.30. The summed E-state index contributed by atoms with van der Waals surface area (Å²) in [5, 5.41) is 0. The Bertz CT molecular complexity index is 439. The second kappa shape index (κ2) is 4.21. The molecule has 0 saturated carbocycles. The third kappa shape index (κ3) is 2.49. The van der Waals surface area contributed by atoms with Crippen molar-refractivity contribution in [1.82, 2.24) is 0 Å². The van der Waals surface area contributed by atoms with Gasteiger partial charge in [0, 0.05) is 4.47 Å². The SMILES string of the molecule is CC(C)(N=C=O)c1cc(F)c(F)cc1Br. The fourth-order valence-corrected chi connectivity index (χ4v) is 1.97. The van der Waals surface area contributed by atoms with E-state index in [1.165, 1.54) is 6.08 Å². The molecular weight excluding hydrogens is 268 g/mol. The molecule has 0 unspecified atom stereocenters. The van der Waals surface area contributed by atoms with E-state index in [9.17, 15) is 13.6 Å². The summed E-state index contributed by atoms with van der Waals surface area (Å²) in [6, 6.07) is 2.02. The highest BCUT2D eigenvalue weighted by molar-refractivity contribution is 9.10. The Balaban J connectivity index is 3.38. The van der Waals surface area contributed by atoms with Crippen molar-refractivity contribution in [3.63, 3.8) is 0 Å². The molecule has 0 spiro atoms. The fraction of sp³-hybridized carbons (Fsp3) is 0.300. The maximum absolute atomic E-state index is 13.0. The highest BCUT2D eigenvalue weighted by Crippen LogP contribution is 2.32. The van der Waals surface area contributed by atoms with E-state index in [4.69, 9.17) is 0 Å². The molecule has 1 aromatic carbocycles. The van der Waals surface area contributed by atoms with E-state index in [2.05, 4.69) is 20.9 Å². The predicted molar refractivity (Wildman–Crippen MR) is 55.2 cm³/mol. The zero-order valence-corrected chi connectivity index (χ0v) is 9.73. The minimum absolute atomic E-state index is 0.366. The minimum Gasteiger partial charge on any atom is -0.211 e. The summed E-state index contributed by atoms with van der Waals surface area (Å²) in [4.78, 5) is 13.7. The van der Waals surface area contributed by atoms with Crippen LogP contribution in [0, 0.1) is 11.6 Å². The summed E-state index contributed by atoms with van der Waals surface area (Å²) in [5.41, 5.74) is -0.542. The van der Waals surface area contributed by atoms with Crippen molar-refractivity contribution in [2.45, 2.75) is 19.4 Å². The summed E-state index contributed by atoms with van der Waals surface area (Å²) in [6.07, 6.45) is 1.41. The van der Waals surface area contributed by atoms with Gasteiger partial charge < -0.3 is 0 Å². The Morgan fingerprint density at radius 2 is 1.87 bits per heavy atom. The average Bonchev–Trinajstić information content (AvgIpc) is 2.11. The van der Waals surface area contributed by atoms with Crippen LogP contribution in [-0.2, 0) is 10.3 Å². The van der Waals surface area contributed by atoms with Crippen molar-refractivity contribution in [2.75, 3.05) is 0 Å². The van der Waals surface area contributed by atoms with Crippen LogP contribution in [0.15, 0.2) is 21.6 Å². The molecule has 15 heavy (non-hydrogen) atoms. The molecule has 0 amide bonds. The van der Waals surface area contributed by atoms with E-state index >= 15 is 0 Å². The van der Waals surface area contributed by atoms with Gasteiger partial charge in [0.1, 0.15) is 0 Å². The molecule has 0 bridgehead atoms. The molecule has 0 aliphatic heterocycles. The average molecular weight is 276 g/mol. The van der Waals surface area contributed by atoms with Gasteiger partial charge in [0.25, 0.3) is 0 Å². The number of hydrogen-bond donors (Lipinski definition) is 0. The Morgan fingerprint density at radius 3 is 2.40 bits per heavy atom. The molecular formula is C10H8BrF2NO. The number of aliphatic imine (C=N–C) groups is 1. The highest BCUT2D eigenvalue weighted by atomic mass is 79.9. The molecule has 1 aromatic rings. The number of isocyanates is 1. The van der Waals surface area contributed by atoms with E-state index in [0.29, 0.717) is 10.0 Å². The maximum atomic E-state index is 13.0. The van der Waals surface area contributed by atoms with Crippen LogP contribution in [0.5, 0.6) is 0 Å². The van der Waals surface area contributed by atoms with Gasteiger partial charge in [0.05, 0.1) is 5.54 Å². The van der Waals surface area contributed by atoms with Crippen molar-refractivity contribution < 1.29 is 13.6 Å². The second-order valence-electron chi connectivity index (χ2n) is 3.51. The first-order valence-electron chi connectivity index (χ1n) is 4.12. The quantitative estimate of drug-likeness (QED) is 0.463. The molecule has 0 aromatic heterocycles. The molecule has 0 radical (unpaired) electrons.